The molecule has 0 spiro atoms. The number of carbonyl (C=O) groups excluding carboxylic acids is 1. The van der Waals surface area contributed by atoms with Crippen LogP contribution in [0, 0.1) is 5.92 Å². The number of methoxy groups -OCH3 is 1. The lowest BCUT2D eigenvalue weighted by molar-refractivity contribution is -0.125. The first-order valence-electron chi connectivity index (χ1n) is 24.9. The number of ketones is 1. The minimum atomic E-state index is -1.39. The summed E-state index contributed by atoms with van der Waals surface area (Å²) in [6.07, 6.45) is 12.5. The molecule has 5 aromatic carbocycles. The van der Waals surface area contributed by atoms with Gasteiger partial charge in [0.15, 0.2) is 23.0 Å². The second-order valence-electron chi connectivity index (χ2n) is 20.1. The Hall–Kier alpha value is -5.41. The fourth-order valence-corrected chi connectivity index (χ4v) is 14.4. The predicted molar refractivity (Wildman–Crippen MR) is 285 cm³/mol. The van der Waals surface area contributed by atoms with Crippen LogP contribution in [0.2, 0.25) is 0 Å². The van der Waals surface area contributed by atoms with Crippen LogP contribution in [-0.4, -0.2) is 81.2 Å². The number of rotatable bonds is 15. The molecular weight excluding hydrogens is 931 g/mol. The molecule has 374 valence electrons. The van der Waals surface area contributed by atoms with Crippen LogP contribution in [0.25, 0.3) is 10.8 Å². The van der Waals surface area contributed by atoms with E-state index in [0.29, 0.717) is 48.6 Å². The number of hydrogen-bond acceptors (Lipinski definition) is 12. The van der Waals surface area contributed by atoms with Gasteiger partial charge in [0, 0.05) is 54.2 Å². The molecule has 71 heavy (non-hydrogen) atoms. The lowest BCUT2D eigenvalue weighted by atomic mass is 9.69. The Labute approximate surface area is 424 Å². The van der Waals surface area contributed by atoms with Crippen molar-refractivity contribution >= 4 is 38.1 Å². The fraction of sp³-hybridized carbons (Fsp3) is 0.397. The number of nitrogens with one attached hydrogen (secondary N) is 3. The lowest BCUT2D eigenvalue weighted by Crippen LogP contribution is -2.41. The van der Waals surface area contributed by atoms with Crippen LogP contribution in [0.15, 0.2) is 109 Å². The molecule has 2 aliphatic carbocycles. The van der Waals surface area contributed by atoms with E-state index in [4.69, 9.17) is 9.47 Å². The summed E-state index contributed by atoms with van der Waals surface area (Å²) in [6.45, 7) is 4.26. The average Bonchev–Trinajstić information content (AvgIpc) is 4.04. The van der Waals surface area contributed by atoms with Crippen LogP contribution in [0.1, 0.15) is 101 Å². The molecule has 5 atom stereocenters. The van der Waals surface area contributed by atoms with Crippen LogP contribution in [-0.2, 0) is 47.9 Å². The number of fused-ring (bicyclic) bond motifs is 1. The highest BCUT2D eigenvalue weighted by atomic mass is 33.1. The second-order valence-corrected chi connectivity index (χ2v) is 22.6. The average molecular weight is 998 g/mol. The van der Waals surface area contributed by atoms with E-state index in [1.807, 2.05) is 68.0 Å². The normalized spacial score (nSPS) is 21.9. The smallest absolute Gasteiger partial charge is 0.167 e. The molecule has 2 heterocycles. The number of hydrogen-bond donors (Lipinski definition) is 8. The summed E-state index contributed by atoms with van der Waals surface area (Å²) in [5.41, 5.74) is 5.27. The maximum absolute atomic E-state index is 16.0. The first kappa shape index (κ1) is 50.5. The van der Waals surface area contributed by atoms with Gasteiger partial charge in [0.1, 0.15) is 18.3 Å². The van der Waals surface area contributed by atoms with Gasteiger partial charge in [-0.2, -0.15) is 0 Å². The Morgan fingerprint density at radius 2 is 1.72 bits per heavy atom. The van der Waals surface area contributed by atoms with Gasteiger partial charge < -0.3 is 45.3 Å². The maximum atomic E-state index is 16.0. The van der Waals surface area contributed by atoms with Gasteiger partial charge in [0.05, 0.1) is 29.5 Å². The highest BCUT2D eigenvalue weighted by Crippen LogP contribution is 2.53. The van der Waals surface area contributed by atoms with Crippen molar-refractivity contribution in [1.82, 2.24) is 15.6 Å². The number of H-pyrrole nitrogens is 1. The van der Waals surface area contributed by atoms with Crippen molar-refractivity contribution < 1.29 is 39.8 Å². The number of aliphatic hydroxyl groups excluding tert-OH is 1. The summed E-state index contributed by atoms with van der Waals surface area (Å²) < 4.78 is 12.3. The summed E-state index contributed by atoms with van der Waals surface area (Å²) in [7, 11) is 6.56. The number of aromatic nitrogens is 1. The van der Waals surface area contributed by atoms with Crippen molar-refractivity contribution in [1.29, 1.82) is 0 Å². The van der Waals surface area contributed by atoms with Gasteiger partial charge in [-0.1, -0.05) is 108 Å². The quantitative estimate of drug-likeness (QED) is 0.0362. The third kappa shape index (κ3) is 10.5. The zero-order chi connectivity index (χ0) is 49.9. The molecule has 13 heteroatoms. The number of allylic oxidation sites excluding steroid dienone is 1. The molecule has 11 nitrogen and oxygen atoms in total. The molecule has 0 saturated heterocycles. The van der Waals surface area contributed by atoms with E-state index >= 15 is 4.79 Å². The molecule has 1 saturated carbocycles. The number of aromatic hydroxyl groups is 3. The van der Waals surface area contributed by atoms with Crippen LogP contribution in [0.3, 0.4) is 0 Å². The summed E-state index contributed by atoms with van der Waals surface area (Å²) in [5, 5.41) is 67.0. The molecule has 9 rings (SSSR count). The summed E-state index contributed by atoms with van der Waals surface area (Å²) in [6, 6.07) is 27.2. The van der Waals surface area contributed by atoms with Crippen LogP contribution < -0.4 is 20.1 Å². The minimum Gasteiger partial charge on any atom is -0.508 e. The SMILES string of the molecule is CCc1ccc2ccccc2c1Cc1c(C[C@H](Cc2cc[nH]c2)[C@H](O)CC(=O)[C@]2(c3cc(O)cc(C4(NC)CCCC4)c3)C=C[C@@H]3SSC[C@](C)(O)CNCOc4c(O)ccc(c43)C2)ccc(O)c1OC. The van der Waals surface area contributed by atoms with Crippen molar-refractivity contribution in [3.63, 3.8) is 0 Å². The number of benzene rings is 5. The van der Waals surface area contributed by atoms with E-state index < -0.39 is 33.8 Å². The fourth-order valence-electron chi connectivity index (χ4n) is 11.4. The number of aromatic amines is 1. The molecular formula is C58H67N3O8S2. The van der Waals surface area contributed by atoms with E-state index in [2.05, 4.69) is 52.9 Å². The van der Waals surface area contributed by atoms with Crippen molar-refractivity contribution in [2.45, 2.75) is 106 Å². The van der Waals surface area contributed by atoms with E-state index in [-0.39, 0.29) is 42.6 Å². The zero-order valence-electron chi connectivity index (χ0n) is 41.1. The Morgan fingerprint density at radius 1 is 0.944 bits per heavy atom. The highest BCUT2D eigenvalue weighted by molar-refractivity contribution is 8.76. The molecule has 0 amide bonds. The standard InChI is InChI=1S/C58H67N3O8S2/c1-5-37-12-13-38-10-6-7-11-45(38)46(37)29-47-39(14-16-48(63)54(47)68-4)25-41(24-36-19-23-60-32-36)50(65)30-52(66)57(42-26-43(28-44(62)27-42)58(59-3)20-8-9-21-58)22-18-51-53-40(31-57)15-17-49(64)55(53)69-35-61-33-56(2,67)34-70-71-51/h6-7,10-19,22-23,26-28,32,41,50-51,59-65,67H,5,8-9,20-21,24-25,29-31,33-35H2,1-4H3/t41-,50+,51-,56+,57+/m0/s1. The van der Waals surface area contributed by atoms with Crippen molar-refractivity contribution in [2.75, 3.05) is 33.2 Å². The molecule has 3 aliphatic rings. The third-order valence-corrected chi connectivity index (χ3v) is 18.2. The Bertz CT molecular complexity index is 2900. The summed E-state index contributed by atoms with van der Waals surface area (Å²) in [4.78, 5) is 19.2. The van der Waals surface area contributed by atoms with Gasteiger partial charge in [0.2, 0.25) is 0 Å². The Morgan fingerprint density at radius 3 is 2.48 bits per heavy atom. The molecule has 0 unspecified atom stereocenters. The predicted octanol–water partition coefficient (Wildman–Crippen LogP) is 10.0. The summed E-state index contributed by atoms with van der Waals surface area (Å²) >= 11 is 0. The number of carbonyl (C=O) groups is 1. The molecule has 1 fully saturated rings. The van der Waals surface area contributed by atoms with E-state index in [9.17, 15) is 25.5 Å². The van der Waals surface area contributed by atoms with Gasteiger partial charge in [-0.05, 0) is 138 Å². The van der Waals surface area contributed by atoms with Gasteiger partial charge in [0.25, 0.3) is 0 Å². The highest BCUT2D eigenvalue weighted by Gasteiger charge is 2.45. The first-order valence-corrected chi connectivity index (χ1v) is 27.3. The lowest BCUT2D eigenvalue weighted by Gasteiger charge is -2.35. The number of ether oxygens (including phenoxy) is 2. The number of β-amino-alcohol motifs (C(OH)–C–C–N with tert-alkyl or cyclic N) is 1. The zero-order valence-corrected chi connectivity index (χ0v) is 42.7. The number of aryl methyl sites for hydroxylation is 1. The number of aliphatic hydroxyl groups is 2. The molecule has 6 aromatic rings. The molecule has 1 aliphatic heterocycles. The molecule has 0 radical (unpaired) electrons. The maximum Gasteiger partial charge on any atom is 0.167 e. The monoisotopic (exact) mass is 997 g/mol. The van der Waals surface area contributed by atoms with Gasteiger partial charge in [-0.25, -0.2) is 0 Å². The van der Waals surface area contributed by atoms with E-state index in [1.54, 1.807) is 32.2 Å². The third-order valence-electron chi connectivity index (χ3n) is 15.4. The van der Waals surface area contributed by atoms with Crippen molar-refractivity contribution in [2.24, 2.45) is 5.92 Å². The summed E-state index contributed by atoms with van der Waals surface area (Å²) in [5.74, 6) is 0.465. The van der Waals surface area contributed by atoms with E-state index in [0.717, 1.165) is 81.8 Å². The van der Waals surface area contributed by atoms with Gasteiger partial charge >= 0.3 is 0 Å². The first-order chi connectivity index (χ1) is 34.3. The second kappa shape index (κ2) is 21.4. The van der Waals surface area contributed by atoms with Gasteiger partial charge in [-0.3, -0.25) is 10.1 Å². The van der Waals surface area contributed by atoms with Crippen molar-refractivity contribution in [3.05, 3.63) is 160 Å². The van der Waals surface area contributed by atoms with Crippen LogP contribution in [0.4, 0.5) is 0 Å². The Kier molecular flexibility index (Phi) is 15.2. The van der Waals surface area contributed by atoms with Crippen LogP contribution in [0.5, 0.6) is 28.7 Å². The molecule has 8 N–H and O–H groups in total. The van der Waals surface area contributed by atoms with E-state index in [1.165, 1.54) is 27.2 Å². The molecule has 0 bridgehead atoms. The largest absolute Gasteiger partial charge is 0.508 e. The Balaban J connectivity index is 1.15. The minimum absolute atomic E-state index is 0.0310. The number of phenols is 3. The molecule has 1 aromatic heterocycles. The number of Topliss-reactive ketones (excluding diaryl/α,β-unsaturated/α-hetero) is 1. The van der Waals surface area contributed by atoms with Gasteiger partial charge in [-0.15, -0.1) is 0 Å². The topological polar surface area (TPSA) is 177 Å². The van der Waals surface area contributed by atoms with Crippen molar-refractivity contribution in [3.8, 4) is 28.7 Å². The number of phenolic OH excluding ortho intramolecular Hbond substituents is 3. The van der Waals surface area contributed by atoms with Crippen LogP contribution >= 0.6 is 21.6 Å².